The summed E-state index contributed by atoms with van der Waals surface area (Å²) >= 11 is 0. The van der Waals surface area contributed by atoms with Gasteiger partial charge in [-0.15, -0.1) is 0 Å². The Bertz CT molecular complexity index is 235. The maximum atomic E-state index is 9.03. The summed E-state index contributed by atoms with van der Waals surface area (Å²) < 4.78 is 0. The van der Waals surface area contributed by atoms with Crippen LogP contribution in [0.2, 0.25) is 0 Å². The molecule has 2 atom stereocenters. The summed E-state index contributed by atoms with van der Waals surface area (Å²) in [7, 11) is 0. The van der Waals surface area contributed by atoms with E-state index in [0.717, 1.165) is 19.0 Å². The first kappa shape index (κ1) is 11.0. The van der Waals surface area contributed by atoms with Gasteiger partial charge in [0.05, 0.1) is 12.0 Å². The molecular formula is C13H22N2. The molecule has 2 aliphatic rings. The number of likely N-dealkylation sites (tertiary alicyclic amines) is 1. The minimum atomic E-state index is 0.285. The third-order valence-corrected chi connectivity index (χ3v) is 4.26. The van der Waals surface area contributed by atoms with E-state index in [1.807, 2.05) is 0 Å². The predicted molar refractivity (Wildman–Crippen MR) is 61.4 cm³/mol. The molecule has 0 aromatic rings. The Morgan fingerprint density at radius 3 is 2.27 bits per heavy atom. The summed E-state index contributed by atoms with van der Waals surface area (Å²) in [6.45, 7) is 3.40. The van der Waals surface area contributed by atoms with Crippen molar-refractivity contribution in [3.05, 3.63) is 0 Å². The average Bonchev–Trinajstić information content (AvgIpc) is 2.49. The van der Waals surface area contributed by atoms with Gasteiger partial charge >= 0.3 is 0 Å². The largest absolute Gasteiger partial charge is 0.296 e. The van der Waals surface area contributed by atoms with Crippen molar-refractivity contribution < 1.29 is 0 Å². The Labute approximate surface area is 93.3 Å². The van der Waals surface area contributed by atoms with E-state index in [4.69, 9.17) is 5.26 Å². The van der Waals surface area contributed by atoms with E-state index in [9.17, 15) is 0 Å². The molecule has 0 radical (unpaired) electrons. The van der Waals surface area contributed by atoms with E-state index in [2.05, 4.69) is 17.9 Å². The number of hydrogen-bond acceptors (Lipinski definition) is 2. The number of hydrogen-bond donors (Lipinski definition) is 0. The molecule has 1 aliphatic heterocycles. The normalized spacial score (nSPS) is 34.9. The van der Waals surface area contributed by atoms with Crippen molar-refractivity contribution in [3.63, 3.8) is 0 Å². The van der Waals surface area contributed by atoms with Gasteiger partial charge in [0.2, 0.25) is 0 Å². The van der Waals surface area contributed by atoms with Crippen molar-refractivity contribution >= 4 is 0 Å². The fourth-order valence-corrected chi connectivity index (χ4v) is 3.24. The van der Waals surface area contributed by atoms with Gasteiger partial charge in [0, 0.05) is 18.6 Å². The second-order valence-corrected chi connectivity index (χ2v) is 5.15. The number of nitriles is 1. The molecule has 0 aromatic carbocycles. The van der Waals surface area contributed by atoms with Crippen molar-refractivity contribution in [1.29, 1.82) is 5.26 Å². The zero-order valence-electron chi connectivity index (χ0n) is 9.78. The maximum Gasteiger partial charge on any atom is 0.0672 e. The average molecular weight is 206 g/mol. The second kappa shape index (κ2) is 4.99. The van der Waals surface area contributed by atoms with Gasteiger partial charge < -0.3 is 0 Å². The monoisotopic (exact) mass is 206 g/mol. The van der Waals surface area contributed by atoms with Crippen molar-refractivity contribution in [2.75, 3.05) is 6.54 Å². The summed E-state index contributed by atoms with van der Waals surface area (Å²) in [5, 5.41) is 9.03. The van der Waals surface area contributed by atoms with Crippen LogP contribution >= 0.6 is 0 Å². The van der Waals surface area contributed by atoms with Crippen LogP contribution in [0.15, 0.2) is 0 Å². The Balaban J connectivity index is 1.95. The molecule has 84 valence electrons. The quantitative estimate of drug-likeness (QED) is 0.617. The zero-order valence-corrected chi connectivity index (χ0v) is 9.78. The molecule has 1 saturated heterocycles. The van der Waals surface area contributed by atoms with Gasteiger partial charge in [-0.05, 0) is 26.2 Å². The van der Waals surface area contributed by atoms with Crippen molar-refractivity contribution in [3.8, 4) is 6.07 Å². The van der Waals surface area contributed by atoms with E-state index in [1.165, 1.54) is 38.5 Å². The van der Waals surface area contributed by atoms with E-state index in [1.54, 1.807) is 0 Å². The van der Waals surface area contributed by atoms with Crippen molar-refractivity contribution in [2.45, 2.75) is 64.0 Å². The molecular weight excluding hydrogens is 184 g/mol. The van der Waals surface area contributed by atoms with E-state index >= 15 is 0 Å². The summed E-state index contributed by atoms with van der Waals surface area (Å²) in [6, 6.07) is 3.73. The minimum absolute atomic E-state index is 0.285. The SMILES string of the molecule is CC1C(C#N)CCN1C1CCCCCC1. The molecule has 0 spiro atoms. The van der Waals surface area contributed by atoms with Crippen LogP contribution < -0.4 is 0 Å². The van der Waals surface area contributed by atoms with E-state index in [-0.39, 0.29) is 5.92 Å². The smallest absolute Gasteiger partial charge is 0.0672 e. The fourth-order valence-electron chi connectivity index (χ4n) is 3.24. The van der Waals surface area contributed by atoms with E-state index in [0.29, 0.717) is 6.04 Å². The van der Waals surface area contributed by atoms with Crippen LogP contribution in [0.5, 0.6) is 0 Å². The lowest BCUT2D eigenvalue weighted by molar-refractivity contribution is 0.165. The van der Waals surface area contributed by atoms with Gasteiger partial charge in [-0.1, -0.05) is 25.7 Å². The molecule has 1 aliphatic carbocycles. The lowest BCUT2D eigenvalue weighted by Gasteiger charge is -2.31. The minimum Gasteiger partial charge on any atom is -0.296 e. The van der Waals surface area contributed by atoms with Gasteiger partial charge in [0.25, 0.3) is 0 Å². The topological polar surface area (TPSA) is 27.0 Å². The van der Waals surface area contributed by atoms with Crippen molar-refractivity contribution in [1.82, 2.24) is 4.90 Å². The Morgan fingerprint density at radius 1 is 1.07 bits per heavy atom. The van der Waals surface area contributed by atoms with Crippen LogP contribution in [-0.2, 0) is 0 Å². The highest BCUT2D eigenvalue weighted by Gasteiger charge is 2.34. The standard InChI is InChI=1S/C13H22N2/c1-11-12(10-14)8-9-15(11)13-6-4-2-3-5-7-13/h11-13H,2-9H2,1H3. The number of rotatable bonds is 1. The highest BCUT2D eigenvalue weighted by atomic mass is 15.2. The molecule has 15 heavy (non-hydrogen) atoms. The third-order valence-electron chi connectivity index (χ3n) is 4.26. The molecule has 2 nitrogen and oxygen atoms in total. The molecule has 0 bridgehead atoms. The molecule has 0 aromatic heterocycles. The van der Waals surface area contributed by atoms with Gasteiger partial charge in [0.1, 0.15) is 0 Å². The predicted octanol–water partition coefficient (Wildman–Crippen LogP) is 2.94. The molecule has 1 saturated carbocycles. The van der Waals surface area contributed by atoms with Crippen LogP contribution in [0.3, 0.4) is 0 Å². The Morgan fingerprint density at radius 2 is 1.73 bits per heavy atom. The van der Waals surface area contributed by atoms with Crippen LogP contribution in [0.4, 0.5) is 0 Å². The maximum absolute atomic E-state index is 9.03. The molecule has 2 fully saturated rings. The summed E-state index contributed by atoms with van der Waals surface area (Å²) in [5.74, 6) is 0.285. The first-order valence-corrected chi connectivity index (χ1v) is 6.48. The third kappa shape index (κ3) is 2.34. The van der Waals surface area contributed by atoms with Crippen LogP contribution in [-0.4, -0.2) is 23.5 Å². The number of nitrogens with zero attached hydrogens (tertiary/aromatic N) is 2. The molecule has 0 amide bonds. The molecule has 2 rings (SSSR count). The Kier molecular flexibility index (Phi) is 3.64. The lowest BCUT2D eigenvalue weighted by Crippen LogP contribution is -2.38. The molecule has 1 heterocycles. The van der Waals surface area contributed by atoms with E-state index < -0.39 is 0 Å². The van der Waals surface area contributed by atoms with Gasteiger partial charge in [-0.2, -0.15) is 5.26 Å². The molecule has 2 unspecified atom stereocenters. The summed E-state index contributed by atoms with van der Waals surface area (Å²) in [5.41, 5.74) is 0. The van der Waals surface area contributed by atoms with Crippen molar-refractivity contribution in [2.24, 2.45) is 5.92 Å². The molecule has 0 N–H and O–H groups in total. The van der Waals surface area contributed by atoms with Crippen LogP contribution in [0, 0.1) is 17.2 Å². The molecule has 2 heteroatoms. The van der Waals surface area contributed by atoms with Gasteiger partial charge in [-0.25, -0.2) is 0 Å². The van der Waals surface area contributed by atoms with Crippen LogP contribution in [0.25, 0.3) is 0 Å². The lowest BCUT2D eigenvalue weighted by atomic mass is 10.0. The zero-order chi connectivity index (χ0) is 10.7. The summed E-state index contributed by atoms with van der Waals surface area (Å²) in [6.07, 6.45) is 9.44. The highest BCUT2D eigenvalue weighted by Crippen LogP contribution is 2.31. The Hall–Kier alpha value is -0.550. The first-order chi connectivity index (χ1) is 7.33. The second-order valence-electron chi connectivity index (χ2n) is 5.15. The fraction of sp³-hybridized carbons (Fsp3) is 0.923. The van der Waals surface area contributed by atoms with Gasteiger partial charge in [-0.3, -0.25) is 4.90 Å². The first-order valence-electron chi connectivity index (χ1n) is 6.48. The van der Waals surface area contributed by atoms with Crippen LogP contribution in [0.1, 0.15) is 51.9 Å². The van der Waals surface area contributed by atoms with Gasteiger partial charge in [0.15, 0.2) is 0 Å². The summed E-state index contributed by atoms with van der Waals surface area (Å²) in [4.78, 5) is 2.61. The highest BCUT2D eigenvalue weighted by molar-refractivity contribution is 4.98.